The van der Waals surface area contributed by atoms with Gasteiger partial charge in [0.25, 0.3) is 0 Å². The Bertz CT molecular complexity index is 701. The fraction of sp³-hybridized carbons (Fsp3) is 0.316. The number of esters is 1. The Morgan fingerprint density at radius 3 is 1.52 bits per heavy atom. The standard InChI is InChI=1S/C19H22O4/c1-11-7-16(8-12(2)18(11)21-6)23-17-9-13(3)19(14(4)10-17)22-15(5)20/h7-10H,1-6H3. The molecule has 0 atom stereocenters. The molecule has 2 aromatic carbocycles. The predicted octanol–water partition coefficient (Wildman–Crippen LogP) is 4.65. The summed E-state index contributed by atoms with van der Waals surface area (Å²) >= 11 is 0. The Labute approximate surface area is 137 Å². The maximum absolute atomic E-state index is 11.2. The highest BCUT2D eigenvalue weighted by atomic mass is 16.5. The minimum absolute atomic E-state index is 0.328. The molecule has 0 saturated heterocycles. The summed E-state index contributed by atoms with van der Waals surface area (Å²) in [4.78, 5) is 11.2. The van der Waals surface area contributed by atoms with Crippen LogP contribution in [0.3, 0.4) is 0 Å². The fourth-order valence-corrected chi connectivity index (χ4v) is 2.70. The molecule has 0 spiro atoms. The molecule has 0 N–H and O–H groups in total. The third-order valence-corrected chi connectivity index (χ3v) is 3.55. The van der Waals surface area contributed by atoms with Crippen LogP contribution in [0, 0.1) is 27.7 Å². The van der Waals surface area contributed by atoms with Gasteiger partial charge >= 0.3 is 5.97 Å². The minimum Gasteiger partial charge on any atom is -0.496 e. The highest BCUT2D eigenvalue weighted by Gasteiger charge is 2.11. The highest BCUT2D eigenvalue weighted by Crippen LogP contribution is 2.34. The van der Waals surface area contributed by atoms with Gasteiger partial charge in [-0.15, -0.1) is 0 Å². The van der Waals surface area contributed by atoms with Crippen LogP contribution in [-0.2, 0) is 4.79 Å². The van der Waals surface area contributed by atoms with E-state index in [0.29, 0.717) is 11.5 Å². The summed E-state index contributed by atoms with van der Waals surface area (Å²) in [7, 11) is 1.66. The van der Waals surface area contributed by atoms with Crippen LogP contribution in [-0.4, -0.2) is 13.1 Å². The number of methoxy groups -OCH3 is 1. The van der Waals surface area contributed by atoms with Crippen molar-refractivity contribution in [2.45, 2.75) is 34.6 Å². The average Bonchev–Trinajstić information content (AvgIpc) is 2.42. The van der Waals surface area contributed by atoms with Crippen molar-refractivity contribution in [2.75, 3.05) is 7.11 Å². The molecule has 0 bridgehead atoms. The number of carbonyl (C=O) groups is 1. The molecule has 4 heteroatoms. The molecule has 0 aliphatic rings. The molecule has 0 aromatic heterocycles. The molecule has 23 heavy (non-hydrogen) atoms. The fourth-order valence-electron chi connectivity index (χ4n) is 2.70. The van der Waals surface area contributed by atoms with E-state index in [4.69, 9.17) is 14.2 Å². The molecule has 0 unspecified atom stereocenters. The van der Waals surface area contributed by atoms with Gasteiger partial charge in [-0.2, -0.15) is 0 Å². The van der Waals surface area contributed by atoms with Crippen LogP contribution >= 0.6 is 0 Å². The molecule has 2 rings (SSSR count). The van der Waals surface area contributed by atoms with Crippen LogP contribution < -0.4 is 14.2 Å². The van der Waals surface area contributed by atoms with E-state index >= 15 is 0 Å². The van der Waals surface area contributed by atoms with Crippen LogP contribution in [0.1, 0.15) is 29.2 Å². The molecule has 0 amide bonds. The quantitative estimate of drug-likeness (QED) is 0.609. The number of rotatable bonds is 4. The molecular weight excluding hydrogens is 292 g/mol. The third-order valence-electron chi connectivity index (χ3n) is 3.55. The molecule has 2 aromatic rings. The largest absolute Gasteiger partial charge is 0.496 e. The van der Waals surface area contributed by atoms with E-state index in [0.717, 1.165) is 33.8 Å². The van der Waals surface area contributed by atoms with Gasteiger partial charge in [0, 0.05) is 6.92 Å². The number of hydrogen-bond donors (Lipinski definition) is 0. The van der Waals surface area contributed by atoms with E-state index in [1.165, 1.54) is 6.92 Å². The van der Waals surface area contributed by atoms with Crippen molar-refractivity contribution in [3.8, 4) is 23.0 Å². The van der Waals surface area contributed by atoms with E-state index < -0.39 is 0 Å². The van der Waals surface area contributed by atoms with Crippen LogP contribution in [0.2, 0.25) is 0 Å². The zero-order valence-electron chi connectivity index (χ0n) is 14.4. The smallest absolute Gasteiger partial charge is 0.308 e. The number of carbonyl (C=O) groups excluding carboxylic acids is 1. The lowest BCUT2D eigenvalue weighted by Crippen LogP contribution is -2.04. The average molecular weight is 314 g/mol. The molecule has 122 valence electrons. The lowest BCUT2D eigenvalue weighted by atomic mass is 10.1. The van der Waals surface area contributed by atoms with Gasteiger partial charge in [0.05, 0.1) is 7.11 Å². The van der Waals surface area contributed by atoms with Gasteiger partial charge in [-0.3, -0.25) is 4.79 Å². The van der Waals surface area contributed by atoms with Crippen molar-refractivity contribution in [1.29, 1.82) is 0 Å². The molecule has 0 saturated carbocycles. The van der Waals surface area contributed by atoms with Crippen molar-refractivity contribution in [2.24, 2.45) is 0 Å². The Morgan fingerprint density at radius 2 is 1.17 bits per heavy atom. The SMILES string of the molecule is COc1c(C)cc(Oc2cc(C)c(OC(C)=O)c(C)c2)cc1C. The third kappa shape index (κ3) is 3.83. The van der Waals surface area contributed by atoms with E-state index in [2.05, 4.69) is 0 Å². The van der Waals surface area contributed by atoms with Crippen LogP contribution in [0.15, 0.2) is 24.3 Å². The van der Waals surface area contributed by atoms with Gasteiger partial charge in [0.1, 0.15) is 23.0 Å². The van der Waals surface area contributed by atoms with Crippen molar-refractivity contribution < 1.29 is 19.0 Å². The first-order chi connectivity index (χ1) is 10.8. The monoisotopic (exact) mass is 314 g/mol. The number of ether oxygens (including phenoxy) is 3. The summed E-state index contributed by atoms with van der Waals surface area (Å²) in [6, 6.07) is 7.60. The van der Waals surface area contributed by atoms with E-state index in [1.807, 2.05) is 52.0 Å². The summed E-state index contributed by atoms with van der Waals surface area (Å²) in [6.07, 6.45) is 0. The lowest BCUT2D eigenvalue weighted by Gasteiger charge is -2.15. The topological polar surface area (TPSA) is 44.8 Å². The molecule has 0 heterocycles. The van der Waals surface area contributed by atoms with E-state index in [-0.39, 0.29) is 5.97 Å². The molecule has 0 aliphatic heterocycles. The van der Waals surface area contributed by atoms with Gasteiger partial charge in [0.15, 0.2) is 0 Å². The predicted molar refractivity (Wildman–Crippen MR) is 89.8 cm³/mol. The van der Waals surface area contributed by atoms with Gasteiger partial charge in [0.2, 0.25) is 0 Å². The first-order valence-corrected chi connectivity index (χ1v) is 7.44. The molecule has 0 radical (unpaired) electrons. The lowest BCUT2D eigenvalue weighted by molar-refractivity contribution is -0.131. The molecule has 0 fully saturated rings. The minimum atomic E-state index is -0.328. The summed E-state index contributed by atoms with van der Waals surface area (Å²) in [5.41, 5.74) is 3.76. The van der Waals surface area contributed by atoms with Crippen molar-refractivity contribution in [3.63, 3.8) is 0 Å². The number of benzene rings is 2. The summed E-state index contributed by atoms with van der Waals surface area (Å²) in [6.45, 7) is 9.15. The van der Waals surface area contributed by atoms with Gasteiger partial charge in [-0.05, 0) is 74.2 Å². The second kappa shape index (κ2) is 6.73. The van der Waals surface area contributed by atoms with Crippen molar-refractivity contribution in [3.05, 3.63) is 46.5 Å². The zero-order valence-corrected chi connectivity index (χ0v) is 14.4. The Kier molecular flexibility index (Phi) is 4.94. The maximum atomic E-state index is 11.2. The maximum Gasteiger partial charge on any atom is 0.308 e. The molecular formula is C19H22O4. The van der Waals surface area contributed by atoms with Crippen LogP contribution in [0.4, 0.5) is 0 Å². The highest BCUT2D eigenvalue weighted by molar-refractivity contribution is 5.70. The number of hydrogen-bond acceptors (Lipinski definition) is 4. The Balaban J connectivity index is 2.32. The van der Waals surface area contributed by atoms with Crippen molar-refractivity contribution >= 4 is 5.97 Å². The van der Waals surface area contributed by atoms with E-state index in [1.54, 1.807) is 7.11 Å². The van der Waals surface area contributed by atoms with Gasteiger partial charge in [-0.1, -0.05) is 0 Å². The van der Waals surface area contributed by atoms with Crippen LogP contribution in [0.25, 0.3) is 0 Å². The normalized spacial score (nSPS) is 10.3. The second-order valence-electron chi connectivity index (χ2n) is 5.67. The molecule has 4 nitrogen and oxygen atoms in total. The van der Waals surface area contributed by atoms with Crippen molar-refractivity contribution in [1.82, 2.24) is 0 Å². The molecule has 0 aliphatic carbocycles. The Morgan fingerprint density at radius 1 is 0.783 bits per heavy atom. The Hall–Kier alpha value is -2.49. The van der Waals surface area contributed by atoms with E-state index in [9.17, 15) is 4.79 Å². The first kappa shape index (κ1) is 16.9. The summed E-state index contributed by atoms with van der Waals surface area (Å²) in [5, 5.41) is 0. The second-order valence-corrected chi connectivity index (χ2v) is 5.67. The zero-order chi connectivity index (χ0) is 17.1. The van der Waals surface area contributed by atoms with Crippen LogP contribution in [0.5, 0.6) is 23.0 Å². The summed E-state index contributed by atoms with van der Waals surface area (Å²) in [5.74, 6) is 2.59. The first-order valence-electron chi connectivity index (χ1n) is 7.44. The van der Waals surface area contributed by atoms with Gasteiger partial charge in [-0.25, -0.2) is 0 Å². The number of aryl methyl sites for hydroxylation is 4. The summed E-state index contributed by atoms with van der Waals surface area (Å²) < 4.78 is 16.6. The van der Waals surface area contributed by atoms with Gasteiger partial charge < -0.3 is 14.2 Å².